The van der Waals surface area contributed by atoms with E-state index >= 15 is 0 Å². The van der Waals surface area contributed by atoms with Crippen molar-refractivity contribution >= 4 is 15.9 Å². The minimum atomic E-state index is -0.343. The summed E-state index contributed by atoms with van der Waals surface area (Å²) < 4.78 is 19.6. The number of pyridine rings is 1. The van der Waals surface area contributed by atoms with Crippen LogP contribution in [0.25, 0.3) is 0 Å². The number of nitrogens with zero attached hydrogens (tertiary/aromatic N) is 1. The van der Waals surface area contributed by atoms with E-state index in [1.807, 2.05) is 25.1 Å². The molecule has 1 aromatic carbocycles. The van der Waals surface area contributed by atoms with Crippen LogP contribution in [0.5, 0.6) is 5.75 Å². The first-order valence-corrected chi connectivity index (χ1v) is 7.12. The van der Waals surface area contributed by atoms with Crippen LogP contribution in [0.1, 0.15) is 24.1 Å². The van der Waals surface area contributed by atoms with Gasteiger partial charge in [0.25, 0.3) is 0 Å². The number of ether oxygens (including phenoxy) is 1. The lowest BCUT2D eigenvalue weighted by Gasteiger charge is -2.20. The lowest BCUT2D eigenvalue weighted by molar-refractivity contribution is 0.413. The predicted octanol–water partition coefficient (Wildman–Crippen LogP) is 3.69. The van der Waals surface area contributed by atoms with Crippen molar-refractivity contribution in [2.45, 2.75) is 13.0 Å². The van der Waals surface area contributed by atoms with Crippen molar-refractivity contribution < 1.29 is 9.13 Å². The van der Waals surface area contributed by atoms with E-state index in [0.29, 0.717) is 0 Å². The highest BCUT2D eigenvalue weighted by molar-refractivity contribution is 9.10. The normalized spacial score (nSPS) is 12.2. The van der Waals surface area contributed by atoms with Gasteiger partial charge in [0.05, 0.1) is 19.3 Å². The maximum absolute atomic E-state index is 13.4. The fraction of sp³-hybridized carbons (Fsp3) is 0.267. The second kappa shape index (κ2) is 6.81. The molecule has 1 N–H and O–H groups in total. The molecule has 0 aliphatic rings. The van der Waals surface area contributed by atoms with E-state index in [9.17, 15) is 4.39 Å². The minimum absolute atomic E-state index is 0.146. The van der Waals surface area contributed by atoms with Gasteiger partial charge in [0.15, 0.2) is 0 Å². The molecule has 106 valence electrons. The molecule has 5 heteroatoms. The second-order valence-corrected chi connectivity index (χ2v) is 5.17. The number of hydrogen-bond donors (Lipinski definition) is 1. The predicted molar refractivity (Wildman–Crippen MR) is 80.4 cm³/mol. The van der Waals surface area contributed by atoms with E-state index in [1.54, 1.807) is 13.3 Å². The van der Waals surface area contributed by atoms with Crippen LogP contribution in [0.2, 0.25) is 0 Å². The number of halogens is 2. The average Bonchev–Trinajstić information content (AvgIpc) is 2.46. The fourth-order valence-corrected chi connectivity index (χ4v) is 2.54. The zero-order chi connectivity index (χ0) is 14.5. The molecule has 1 unspecified atom stereocenters. The topological polar surface area (TPSA) is 34.2 Å². The second-order valence-electron chi connectivity index (χ2n) is 4.31. The Bertz CT molecular complexity index is 592. The van der Waals surface area contributed by atoms with Gasteiger partial charge in [0.2, 0.25) is 0 Å². The van der Waals surface area contributed by atoms with Gasteiger partial charge in [-0.3, -0.25) is 4.98 Å². The summed E-state index contributed by atoms with van der Waals surface area (Å²) in [4.78, 5) is 3.92. The van der Waals surface area contributed by atoms with Crippen LogP contribution in [-0.2, 0) is 0 Å². The molecule has 0 spiro atoms. The molecule has 0 aliphatic heterocycles. The van der Waals surface area contributed by atoms with Crippen molar-refractivity contribution in [2.24, 2.45) is 0 Å². The van der Waals surface area contributed by atoms with Crippen molar-refractivity contribution in [2.75, 3.05) is 13.7 Å². The Balaban J connectivity index is 2.47. The number of methoxy groups -OCH3 is 1. The van der Waals surface area contributed by atoms with Crippen molar-refractivity contribution in [3.05, 3.63) is 58.1 Å². The Morgan fingerprint density at radius 2 is 2.15 bits per heavy atom. The third-order valence-corrected chi connectivity index (χ3v) is 3.70. The fourth-order valence-electron chi connectivity index (χ4n) is 2.07. The summed E-state index contributed by atoms with van der Waals surface area (Å²) in [5, 5.41) is 3.34. The Morgan fingerprint density at radius 3 is 2.80 bits per heavy atom. The molecule has 0 aliphatic carbocycles. The Labute approximate surface area is 126 Å². The van der Waals surface area contributed by atoms with Crippen molar-refractivity contribution in [1.82, 2.24) is 10.3 Å². The first-order chi connectivity index (χ1) is 9.65. The molecule has 20 heavy (non-hydrogen) atoms. The molecule has 0 radical (unpaired) electrons. The van der Waals surface area contributed by atoms with Crippen LogP contribution < -0.4 is 10.1 Å². The molecular formula is C15H16BrFN2O. The molecule has 0 bridgehead atoms. The van der Waals surface area contributed by atoms with E-state index in [2.05, 4.69) is 26.2 Å². The molecule has 1 atom stereocenters. The Kier molecular flexibility index (Phi) is 5.09. The summed E-state index contributed by atoms with van der Waals surface area (Å²) in [6.45, 7) is 2.76. The Morgan fingerprint density at radius 1 is 1.35 bits per heavy atom. The van der Waals surface area contributed by atoms with E-state index in [-0.39, 0.29) is 11.9 Å². The molecule has 0 saturated heterocycles. The summed E-state index contributed by atoms with van der Waals surface area (Å²) in [6, 6.07) is 7.08. The minimum Gasteiger partial charge on any atom is -0.497 e. The lowest BCUT2D eigenvalue weighted by atomic mass is 10.00. The zero-order valence-corrected chi connectivity index (χ0v) is 12.9. The van der Waals surface area contributed by atoms with Gasteiger partial charge in [-0.15, -0.1) is 0 Å². The molecule has 0 saturated carbocycles. The molecule has 0 fully saturated rings. The first kappa shape index (κ1) is 14.9. The SMILES string of the molecule is CCNC(c1cncc(F)c1)c1cc(OC)ccc1Br. The highest BCUT2D eigenvalue weighted by atomic mass is 79.9. The molecular weight excluding hydrogens is 323 g/mol. The van der Waals surface area contributed by atoms with Gasteiger partial charge in [-0.05, 0) is 41.9 Å². The van der Waals surface area contributed by atoms with Gasteiger partial charge in [-0.1, -0.05) is 22.9 Å². The molecule has 1 heterocycles. The third-order valence-electron chi connectivity index (χ3n) is 2.98. The summed E-state index contributed by atoms with van der Waals surface area (Å²) in [6.07, 6.45) is 2.87. The van der Waals surface area contributed by atoms with Gasteiger partial charge in [0.1, 0.15) is 11.6 Å². The maximum Gasteiger partial charge on any atom is 0.141 e. The summed E-state index contributed by atoms with van der Waals surface area (Å²) in [5.74, 6) is 0.417. The largest absolute Gasteiger partial charge is 0.497 e. The van der Waals surface area contributed by atoms with E-state index in [4.69, 9.17) is 4.74 Å². The molecule has 2 aromatic rings. The monoisotopic (exact) mass is 338 g/mol. The lowest BCUT2D eigenvalue weighted by Crippen LogP contribution is -2.22. The van der Waals surface area contributed by atoms with Gasteiger partial charge in [0, 0.05) is 10.7 Å². The van der Waals surface area contributed by atoms with Gasteiger partial charge >= 0.3 is 0 Å². The molecule has 3 nitrogen and oxygen atoms in total. The summed E-state index contributed by atoms with van der Waals surface area (Å²) in [5.41, 5.74) is 1.76. The number of rotatable bonds is 5. The van der Waals surface area contributed by atoms with Gasteiger partial charge in [-0.2, -0.15) is 0 Å². The quantitative estimate of drug-likeness (QED) is 0.902. The highest BCUT2D eigenvalue weighted by Gasteiger charge is 2.17. The van der Waals surface area contributed by atoms with Crippen LogP contribution in [-0.4, -0.2) is 18.6 Å². The van der Waals surface area contributed by atoms with E-state index < -0.39 is 0 Å². The molecule has 2 rings (SSSR count). The zero-order valence-electron chi connectivity index (χ0n) is 11.4. The third kappa shape index (κ3) is 3.35. The first-order valence-electron chi connectivity index (χ1n) is 6.33. The smallest absolute Gasteiger partial charge is 0.141 e. The molecule has 0 amide bonds. The van der Waals surface area contributed by atoms with Crippen molar-refractivity contribution in [3.8, 4) is 5.75 Å². The van der Waals surface area contributed by atoms with E-state index in [1.165, 1.54) is 12.3 Å². The number of aromatic nitrogens is 1. The summed E-state index contributed by atoms with van der Waals surface area (Å²) in [7, 11) is 1.62. The standard InChI is InChI=1S/C15H16BrFN2O/c1-3-19-15(10-6-11(17)9-18-8-10)13-7-12(20-2)4-5-14(13)16/h4-9,15,19H,3H2,1-2H3. The summed E-state index contributed by atoms with van der Waals surface area (Å²) >= 11 is 3.54. The van der Waals surface area contributed by atoms with Crippen molar-refractivity contribution in [1.29, 1.82) is 0 Å². The average molecular weight is 339 g/mol. The molecule has 1 aromatic heterocycles. The van der Waals surface area contributed by atoms with Crippen LogP contribution >= 0.6 is 15.9 Å². The van der Waals surface area contributed by atoms with Crippen LogP contribution in [0.15, 0.2) is 41.1 Å². The Hall–Kier alpha value is -1.46. The van der Waals surface area contributed by atoms with Crippen LogP contribution in [0, 0.1) is 5.82 Å². The van der Waals surface area contributed by atoms with Gasteiger partial charge in [-0.25, -0.2) is 4.39 Å². The number of benzene rings is 1. The van der Waals surface area contributed by atoms with Crippen LogP contribution in [0.3, 0.4) is 0 Å². The highest BCUT2D eigenvalue weighted by Crippen LogP contribution is 2.31. The number of hydrogen-bond acceptors (Lipinski definition) is 3. The number of nitrogens with one attached hydrogen (secondary N) is 1. The van der Waals surface area contributed by atoms with Crippen molar-refractivity contribution in [3.63, 3.8) is 0 Å². The van der Waals surface area contributed by atoms with E-state index in [0.717, 1.165) is 27.9 Å². The maximum atomic E-state index is 13.4. The van der Waals surface area contributed by atoms with Gasteiger partial charge < -0.3 is 10.1 Å². The van der Waals surface area contributed by atoms with Crippen LogP contribution in [0.4, 0.5) is 4.39 Å².